The average Bonchev–Trinajstić information content (AvgIpc) is 3.26. The number of fused-ring (bicyclic) bond motifs is 1. The van der Waals surface area contributed by atoms with Gasteiger partial charge in [-0.15, -0.1) is 0 Å². The molecule has 1 aromatic heterocycles. The average molecular weight is 363 g/mol. The van der Waals surface area contributed by atoms with Gasteiger partial charge < -0.3 is 4.90 Å². The summed E-state index contributed by atoms with van der Waals surface area (Å²) in [5.74, 6) is -0.492. The molecule has 4 nitrogen and oxygen atoms in total. The van der Waals surface area contributed by atoms with Crippen molar-refractivity contribution < 1.29 is 9.18 Å². The second-order valence-corrected chi connectivity index (χ2v) is 7.14. The first kappa shape index (κ1) is 17.5. The number of aryl methyl sites for hydroxylation is 2. The highest BCUT2D eigenvalue weighted by Crippen LogP contribution is 2.30. The van der Waals surface area contributed by atoms with Gasteiger partial charge in [0.25, 0.3) is 5.91 Å². The standard InChI is InChI=1S/C22H22FN3O/c1-14-11-12-15(2)20(13-14)25(3)22(27)21-16-7-6-10-18(16)26(24-21)19-9-5-4-8-17(19)23/h4-5,8-9,11-13H,6-7,10H2,1-3H3. The molecule has 5 heteroatoms. The van der Waals surface area contributed by atoms with E-state index in [4.69, 9.17) is 0 Å². The van der Waals surface area contributed by atoms with E-state index in [0.717, 1.165) is 47.3 Å². The van der Waals surface area contributed by atoms with E-state index in [2.05, 4.69) is 5.10 Å². The summed E-state index contributed by atoms with van der Waals surface area (Å²) in [7, 11) is 1.77. The van der Waals surface area contributed by atoms with Crippen LogP contribution >= 0.6 is 0 Å². The van der Waals surface area contributed by atoms with Gasteiger partial charge in [0.2, 0.25) is 0 Å². The zero-order valence-electron chi connectivity index (χ0n) is 15.8. The predicted molar refractivity (Wildman–Crippen MR) is 104 cm³/mol. The van der Waals surface area contributed by atoms with Crippen LogP contribution in [0.25, 0.3) is 5.69 Å². The van der Waals surface area contributed by atoms with Gasteiger partial charge in [0.1, 0.15) is 11.5 Å². The molecule has 0 atom stereocenters. The van der Waals surface area contributed by atoms with Gasteiger partial charge in [0, 0.05) is 24.0 Å². The number of carbonyl (C=O) groups excluding carboxylic acids is 1. The third-order valence-electron chi connectivity index (χ3n) is 5.24. The van der Waals surface area contributed by atoms with Crippen LogP contribution in [0, 0.1) is 19.7 Å². The first-order valence-corrected chi connectivity index (χ1v) is 9.18. The van der Waals surface area contributed by atoms with E-state index in [9.17, 15) is 9.18 Å². The number of amides is 1. The molecular weight excluding hydrogens is 341 g/mol. The number of halogens is 1. The molecule has 0 saturated heterocycles. The van der Waals surface area contributed by atoms with Gasteiger partial charge in [0.05, 0.1) is 0 Å². The largest absolute Gasteiger partial charge is 0.310 e. The van der Waals surface area contributed by atoms with Crippen molar-refractivity contribution in [2.75, 3.05) is 11.9 Å². The van der Waals surface area contributed by atoms with E-state index < -0.39 is 0 Å². The van der Waals surface area contributed by atoms with Gasteiger partial charge in [-0.2, -0.15) is 5.10 Å². The first-order chi connectivity index (χ1) is 13.0. The molecule has 0 fully saturated rings. The Morgan fingerprint density at radius 2 is 1.93 bits per heavy atom. The number of benzene rings is 2. The number of anilines is 1. The summed E-state index contributed by atoms with van der Waals surface area (Å²) in [5, 5.41) is 4.55. The highest BCUT2D eigenvalue weighted by atomic mass is 19.1. The van der Waals surface area contributed by atoms with Gasteiger partial charge in [-0.3, -0.25) is 4.79 Å². The molecule has 1 aliphatic carbocycles. The van der Waals surface area contributed by atoms with E-state index in [-0.39, 0.29) is 11.7 Å². The number of hydrogen-bond acceptors (Lipinski definition) is 2. The number of nitrogens with zero attached hydrogens (tertiary/aromatic N) is 3. The normalized spacial score (nSPS) is 12.9. The molecule has 0 spiro atoms. The van der Waals surface area contributed by atoms with E-state index in [1.807, 2.05) is 32.0 Å². The SMILES string of the molecule is Cc1ccc(C)c(N(C)C(=O)c2nn(-c3ccccc3F)c3c2CCC3)c1. The Bertz CT molecular complexity index is 1040. The summed E-state index contributed by atoms with van der Waals surface area (Å²) >= 11 is 0. The monoisotopic (exact) mass is 363 g/mol. The van der Waals surface area contributed by atoms with Gasteiger partial charge in [-0.1, -0.05) is 24.3 Å². The highest BCUT2D eigenvalue weighted by molar-refractivity contribution is 6.06. The summed E-state index contributed by atoms with van der Waals surface area (Å²) in [6.07, 6.45) is 2.55. The van der Waals surface area contributed by atoms with Gasteiger partial charge in [0.15, 0.2) is 5.69 Å². The van der Waals surface area contributed by atoms with Crippen LogP contribution < -0.4 is 4.90 Å². The quantitative estimate of drug-likeness (QED) is 0.692. The maximum Gasteiger partial charge on any atom is 0.278 e. The number of rotatable bonds is 3. The summed E-state index contributed by atoms with van der Waals surface area (Å²) in [6.45, 7) is 3.99. The van der Waals surface area contributed by atoms with E-state index in [0.29, 0.717) is 11.4 Å². The van der Waals surface area contributed by atoms with E-state index in [1.54, 1.807) is 34.8 Å². The molecule has 0 radical (unpaired) electrons. The maximum absolute atomic E-state index is 14.3. The molecule has 4 rings (SSSR count). The van der Waals surface area contributed by atoms with Crippen molar-refractivity contribution in [3.05, 3.63) is 76.4 Å². The summed E-state index contributed by atoms with van der Waals surface area (Å²) in [6, 6.07) is 12.6. The van der Waals surface area contributed by atoms with Crippen LogP contribution in [0.3, 0.4) is 0 Å². The van der Waals surface area contributed by atoms with Crippen molar-refractivity contribution in [3.8, 4) is 5.69 Å². The Kier molecular flexibility index (Phi) is 4.30. The second-order valence-electron chi connectivity index (χ2n) is 7.14. The summed E-state index contributed by atoms with van der Waals surface area (Å²) in [5.41, 5.74) is 5.70. The van der Waals surface area contributed by atoms with Crippen molar-refractivity contribution in [1.29, 1.82) is 0 Å². The Hall–Kier alpha value is -2.95. The first-order valence-electron chi connectivity index (χ1n) is 9.18. The molecule has 138 valence electrons. The predicted octanol–water partition coefficient (Wildman–Crippen LogP) is 4.39. The van der Waals surface area contributed by atoms with Gasteiger partial charge in [-0.25, -0.2) is 9.07 Å². The molecular formula is C22H22FN3O. The van der Waals surface area contributed by atoms with Crippen molar-refractivity contribution in [3.63, 3.8) is 0 Å². The number of aromatic nitrogens is 2. The van der Waals surface area contributed by atoms with Crippen LogP contribution in [-0.4, -0.2) is 22.7 Å². The molecule has 27 heavy (non-hydrogen) atoms. The Morgan fingerprint density at radius 3 is 2.70 bits per heavy atom. The lowest BCUT2D eigenvalue weighted by molar-refractivity contribution is 0.0987. The zero-order chi connectivity index (χ0) is 19.1. The minimum Gasteiger partial charge on any atom is -0.310 e. The summed E-state index contributed by atoms with van der Waals surface area (Å²) in [4.78, 5) is 14.9. The minimum atomic E-state index is -0.336. The van der Waals surface area contributed by atoms with Crippen LogP contribution in [0.5, 0.6) is 0 Å². The number of para-hydroxylation sites is 1. The lowest BCUT2D eigenvalue weighted by Crippen LogP contribution is -2.28. The Balaban J connectivity index is 1.79. The zero-order valence-corrected chi connectivity index (χ0v) is 15.8. The summed E-state index contributed by atoms with van der Waals surface area (Å²) < 4.78 is 15.9. The molecule has 1 amide bonds. The molecule has 3 aromatic rings. The number of hydrogen-bond donors (Lipinski definition) is 0. The van der Waals surface area contributed by atoms with Gasteiger partial charge in [-0.05, 0) is 62.4 Å². The fourth-order valence-electron chi connectivity index (χ4n) is 3.78. The number of carbonyl (C=O) groups is 1. The van der Waals surface area contributed by atoms with Crippen LogP contribution in [0.15, 0.2) is 42.5 Å². The van der Waals surface area contributed by atoms with E-state index in [1.165, 1.54) is 6.07 Å². The topological polar surface area (TPSA) is 38.1 Å². The van der Waals surface area contributed by atoms with Gasteiger partial charge >= 0.3 is 0 Å². The Morgan fingerprint density at radius 1 is 1.15 bits per heavy atom. The molecule has 0 unspecified atom stereocenters. The lowest BCUT2D eigenvalue weighted by atomic mass is 10.1. The fourth-order valence-corrected chi connectivity index (χ4v) is 3.78. The van der Waals surface area contributed by atoms with Crippen molar-refractivity contribution in [2.45, 2.75) is 33.1 Å². The minimum absolute atomic E-state index is 0.156. The smallest absolute Gasteiger partial charge is 0.278 e. The lowest BCUT2D eigenvalue weighted by Gasteiger charge is -2.19. The maximum atomic E-state index is 14.3. The molecule has 0 N–H and O–H groups in total. The molecule has 2 aromatic carbocycles. The molecule has 0 aliphatic heterocycles. The van der Waals surface area contributed by atoms with Crippen molar-refractivity contribution >= 4 is 11.6 Å². The Labute approximate surface area is 158 Å². The third-order valence-corrected chi connectivity index (χ3v) is 5.24. The second kappa shape index (κ2) is 6.65. The fraction of sp³-hybridized carbons (Fsp3) is 0.273. The van der Waals surface area contributed by atoms with Crippen LogP contribution in [0.4, 0.5) is 10.1 Å². The molecule has 0 bridgehead atoms. The molecule has 1 heterocycles. The van der Waals surface area contributed by atoms with Crippen molar-refractivity contribution in [1.82, 2.24) is 9.78 Å². The molecule has 0 saturated carbocycles. The van der Waals surface area contributed by atoms with Crippen molar-refractivity contribution in [2.24, 2.45) is 0 Å². The van der Waals surface area contributed by atoms with E-state index >= 15 is 0 Å². The molecule has 1 aliphatic rings. The van der Waals surface area contributed by atoms with Crippen LogP contribution in [0.1, 0.15) is 39.3 Å². The van der Waals surface area contributed by atoms with Crippen LogP contribution in [-0.2, 0) is 12.8 Å². The third kappa shape index (κ3) is 2.93. The van der Waals surface area contributed by atoms with Crippen LogP contribution in [0.2, 0.25) is 0 Å². The highest BCUT2D eigenvalue weighted by Gasteiger charge is 2.30.